The number of pyridine rings is 1. The Kier molecular flexibility index (Phi) is 5.77. The van der Waals surface area contributed by atoms with Crippen molar-refractivity contribution < 1.29 is 14.3 Å². The van der Waals surface area contributed by atoms with Gasteiger partial charge in [0.2, 0.25) is 5.88 Å². The molecule has 4 rings (SSSR count). The summed E-state index contributed by atoms with van der Waals surface area (Å²) in [5, 5.41) is 0.566. The molecule has 1 amide bonds. The van der Waals surface area contributed by atoms with E-state index in [-0.39, 0.29) is 30.0 Å². The molecule has 0 fully saturated rings. The second-order valence-electron chi connectivity index (χ2n) is 6.92. The fourth-order valence-corrected chi connectivity index (χ4v) is 4.34. The van der Waals surface area contributed by atoms with Crippen LogP contribution < -0.4 is 14.4 Å². The van der Waals surface area contributed by atoms with Gasteiger partial charge in [-0.05, 0) is 43.2 Å². The van der Waals surface area contributed by atoms with Crippen molar-refractivity contribution >= 4 is 32.6 Å². The Morgan fingerprint density at radius 1 is 1.06 bits per heavy atom. The van der Waals surface area contributed by atoms with Gasteiger partial charge in [-0.1, -0.05) is 23.5 Å². The predicted octanol–water partition coefficient (Wildman–Crippen LogP) is 3.96. The number of anilines is 1. The molecule has 0 unspecified atom stereocenters. The number of benzene rings is 1. The summed E-state index contributed by atoms with van der Waals surface area (Å²) in [5.41, 5.74) is 3.96. The largest absolute Gasteiger partial charge is 0.481 e. The molecule has 0 atom stereocenters. The van der Waals surface area contributed by atoms with E-state index in [1.807, 2.05) is 32.0 Å². The summed E-state index contributed by atoms with van der Waals surface area (Å²) >= 11 is 1.46. The maximum atomic E-state index is 13.6. The van der Waals surface area contributed by atoms with Crippen molar-refractivity contribution in [1.29, 1.82) is 0 Å². The number of carbonyl (C=O) groups excluding carboxylic acids is 1. The number of nitrogens with zero attached hydrogens (tertiary/aromatic N) is 5. The first kappa shape index (κ1) is 20.7. The van der Waals surface area contributed by atoms with Crippen LogP contribution in [0.15, 0.2) is 42.6 Å². The first-order chi connectivity index (χ1) is 15.0. The quantitative estimate of drug-likeness (QED) is 0.453. The highest BCUT2D eigenvalue weighted by molar-refractivity contribution is 7.22. The molecule has 31 heavy (non-hydrogen) atoms. The number of hydrogen-bond donors (Lipinski definition) is 0. The molecule has 3 aromatic heterocycles. The molecule has 9 heteroatoms. The average molecular weight is 436 g/mol. The number of carbonyl (C=O) groups is 1. The lowest BCUT2D eigenvalue weighted by molar-refractivity contribution is 0.0978. The Morgan fingerprint density at radius 2 is 1.90 bits per heavy atom. The Balaban J connectivity index is 1.82. The van der Waals surface area contributed by atoms with E-state index in [0.29, 0.717) is 5.13 Å². The highest BCUT2D eigenvalue weighted by Crippen LogP contribution is 2.33. The molecule has 0 saturated heterocycles. The number of rotatable bonds is 6. The maximum Gasteiger partial charge on any atom is 0.320 e. The van der Waals surface area contributed by atoms with Gasteiger partial charge in [-0.25, -0.2) is 4.98 Å². The molecule has 0 N–H and O–H groups in total. The molecular formula is C22H21N5O3S. The van der Waals surface area contributed by atoms with Crippen molar-refractivity contribution in [1.82, 2.24) is 19.9 Å². The summed E-state index contributed by atoms with van der Waals surface area (Å²) < 4.78 is 11.3. The summed E-state index contributed by atoms with van der Waals surface area (Å²) in [6.07, 6.45) is 1.70. The van der Waals surface area contributed by atoms with Crippen LogP contribution in [-0.2, 0) is 6.54 Å². The van der Waals surface area contributed by atoms with Crippen molar-refractivity contribution in [2.24, 2.45) is 0 Å². The van der Waals surface area contributed by atoms with Gasteiger partial charge in [0.15, 0.2) is 5.13 Å². The van der Waals surface area contributed by atoms with Crippen molar-refractivity contribution in [3.63, 3.8) is 0 Å². The molecule has 158 valence electrons. The predicted molar refractivity (Wildman–Crippen MR) is 119 cm³/mol. The zero-order valence-electron chi connectivity index (χ0n) is 17.6. The molecule has 0 spiro atoms. The van der Waals surface area contributed by atoms with Crippen LogP contribution in [0.5, 0.6) is 11.9 Å². The van der Waals surface area contributed by atoms with Gasteiger partial charge in [0.05, 0.1) is 36.7 Å². The second-order valence-corrected chi connectivity index (χ2v) is 7.93. The molecule has 1 aromatic carbocycles. The van der Waals surface area contributed by atoms with Gasteiger partial charge in [0.25, 0.3) is 5.91 Å². The van der Waals surface area contributed by atoms with E-state index in [2.05, 4.69) is 27.1 Å². The van der Waals surface area contributed by atoms with Crippen LogP contribution in [0.1, 0.15) is 27.3 Å². The lowest BCUT2D eigenvalue weighted by atomic mass is 10.1. The fourth-order valence-electron chi connectivity index (χ4n) is 3.20. The van der Waals surface area contributed by atoms with E-state index < -0.39 is 0 Å². The summed E-state index contributed by atoms with van der Waals surface area (Å²) in [5.74, 6) is -0.109. The lowest BCUT2D eigenvalue weighted by Gasteiger charge is -2.19. The number of fused-ring (bicyclic) bond motifs is 1. The summed E-state index contributed by atoms with van der Waals surface area (Å²) in [6, 6.07) is 11.3. The number of ether oxygens (including phenoxy) is 2. The zero-order chi connectivity index (χ0) is 22.0. The first-order valence-corrected chi connectivity index (χ1v) is 10.4. The number of aryl methyl sites for hydroxylation is 2. The Labute approximate surface area is 183 Å². The Morgan fingerprint density at radius 3 is 2.61 bits per heavy atom. The normalized spacial score (nSPS) is 10.8. The summed E-state index contributed by atoms with van der Waals surface area (Å²) in [6.45, 7) is 4.30. The highest BCUT2D eigenvalue weighted by Gasteiger charge is 2.25. The van der Waals surface area contributed by atoms with E-state index in [1.165, 1.54) is 31.6 Å². The van der Waals surface area contributed by atoms with E-state index in [4.69, 9.17) is 14.5 Å². The third kappa shape index (κ3) is 4.31. The number of hydrogen-bond acceptors (Lipinski definition) is 8. The van der Waals surface area contributed by atoms with E-state index in [1.54, 1.807) is 11.1 Å². The standard InChI is InChI=1S/C22H21N5O3S/c1-13-9-14(2)19-17(10-13)31-22(26-19)27(12-15-7-5-6-8-23-15)20(28)16-11-18(29-3)25-21(24-16)30-4/h5-11H,12H2,1-4H3. The van der Waals surface area contributed by atoms with Gasteiger partial charge in [0, 0.05) is 12.3 Å². The van der Waals surface area contributed by atoms with Gasteiger partial charge in [-0.2, -0.15) is 9.97 Å². The SMILES string of the molecule is COc1cc(C(=O)N(Cc2ccccn2)c2nc3c(C)cc(C)cc3s2)nc(OC)n1. The van der Waals surface area contributed by atoms with Crippen LogP contribution in [-0.4, -0.2) is 40.1 Å². The minimum absolute atomic E-state index is 0.0521. The number of amides is 1. The van der Waals surface area contributed by atoms with Gasteiger partial charge in [-0.3, -0.25) is 14.7 Å². The molecule has 8 nitrogen and oxygen atoms in total. The molecule has 0 radical (unpaired) electrons. The third-order valence-corrected chi connectivity index (χ3v) is 5.66. The van der Waals surface area contributed by atoms with Crippen LogP contribution in [0, 0.1) is 13.8 Å². The van der Waals surface area contributed by atoms with Crippen LogP contribution in [0.2, 0.25) is 0 Å². The Hall–Kier alpha value is -3.59. The first-order valence-electron chi connectivity index (χ1n) is 9.55. The smallest absolute Gasteiger partial charge is 0.320 e. The molecule has 0 saturated carbocycles. The van der Waals surface area contributed by atoms with Gasteiger partial charge in [-0.15, -0.1) is 0 Å². The van der Waals surface area contributed by atoms with Gasteiger partial charge >= 0.3 is 6.01 Å². The fraction of sp³-hybridized carbons (Fsp3) is 0.227. The summed E-state index contributed by atoms with van der Waals surface area (Å²) in [7, 11) is 2.91. The van der Waals surface area contributed by atoms with Crippen LogP contribution in [0.3, 0.4) is 0 Å². The zero-order valence-corrected chi connectivity index (χ0v) is 18.4. The molecule has 0 bridgehead atoms. The topological polar surface area (TPSA) is 90.3 Å². The maximum absolute atomic E-state index is 13.6. The van der Waals surface area contributed by atoms with Crippen LogP contribution >= 0.6 is 11.3 Å². The molecule has 0 aliphatic carbocycles. The number of aromatic nitrogens is 4. The van der Waals surface area contributed by atoms with Crippen LogP contribution in [0.4, 0.5) is 5.13 Å². The third-order valence-electron chi connectivity index (χ3n) is 4.63. The van der Waals surface area contributed by atoms with Crippen molar-refractivity contribution in [2.45, 2.75) is 20.4 Å². The molecular weight excluding hydrogens is 414 g/mol. The lowest BCUT2D eigenvalue weighted by Crippen LogP contribution is -2.31. The van der Waals surface area contributed by atoms with E-state index in [9.17, 15) is 4.79 Å². The second kappa shape index (κ2) is 8.65. The molecule has 0 aliphatic rings. The minimum atomic E-state index is -0.349. The van der Waals surface area contributed by atoms with Crippen molar-refractivity contribution in [3.05, 3.63) is 65.1 Å². The number of methoxy groups -OCH3 is 2. The van der Waals surface area contributed by atoms with Crippen molar-refractivity contribution in [2.75, 3.05) is 19.1 Å². The van der Waals surface area contributed by atoms with Crippen molar-refractivity contribution in [3.8, 4) is 11.9 Å². The minimum Gasteiger partial charge on any atom is -0.481 e. The van der Waals surface area contributed by atoms with Crippen LogP contribution in [0.25, 0.3) is 10.2 Å². The van der Waals surface area contributed by atoms with E-state index in [0.717, 1.165) is 27.0 Å². The highest BCUT2D eigenvalue weighted by atomic mass is 32.1. The molecule has 0 aliphatic heterocycles. The molecule has 3 heterocycles. The number of thiazole rings is 1. The van der Waals surface area contributed by atoms with E-state index >= 15 is 0 Å². The molecule has 4 aromatic rings. The Bertz CT molecular complexity index is 1220. The average Bonchev–Trinajstić information content (AvgIpc) is 3.21. The summed E-state index contributed by atoms with van der Waals surface area (Å²) in [4.78, 5) is 32.6. The van der Waals surface area contributed by atoms with Gasteiger partial charge in [0.1, 0.15) is 5.69 Å². The monoisotopic (exact) mass is 435 g/mol. The van der Waals surface area contributed by atoms with Gasteiger partial charge < -0.3 is 9.47 Å².